The van der Waals surface area contributed by atoms with Gasteiger partial charge in [0.05, 0.1) is 21.1 Å². The van der Waals surface area contributed by atoms with E-state index < -0.39 is 10.9 Å². The molecule has 2 aromatic heterocycles. The third kappa shape index (κ3) is 4.06. The number of esters is 1. The van der Waals surface area contributed by atoms with Gasteiger partial charge >= 0.3 is 5.97 Å². The molecule has 9 heteroatoms. The van der Waals surface area contributed by atoms with Crippen LogP contribution in [0.3, 0.4) is 0 Å². The molecule has 1 aromatic carbocycles. The summed E-state index contributed by atoms with van der Waals surface area (Å²) >= 11 is 4.32. The van der Waals surface area contributed by atoms with Crippen molar-refractivity contribution < 1.29 is 14.5 Å². The zero-order valence-corrected chi connectivity index (χ0v) is 15.5. The van der Waals surface area contributed by atoms with Crippen molar-refractivity contribution in [3.8, 4) is 10.6 Å². The van der Waals surface area contributed by atoms with Gasteiger partial charge < -0.3 is 4.74 Å². The van der Waals surface area contributed by atoms with Crippen molar-refractivity contribution in [3.05, 3.63) is 61.8 Å². The van der Waals surface area contributed by atoms with Crippen molar-refractivity contribution in [2.24, 2.45) is 0 Å². The van der Waals surface area contributed by atoms with Crippen LogP contribution in [0.4, 0.5) is 5.69 Å². The van der Waals surface area contributed by atoms with E-state index >= 15 is 0 Å². The average Bonchev–Trinajstić information content (AvgIpc) is 3.30. The van der Waals surface area contributed by atoms with Crippen LogP contribution in [0.15, 0.2) is 45.3 Å². The Labute approximate surface area is 155 Å². The molecule has 0 unspecified atom stereocenters. The Hall–Kier alpha value is -2.23. The first kappa shape index (κ1) is 17.6. The molecular weight excluding hydrogens is 380 g/mol. The number of nitro groups is 1. The van der Waals surface area contributed by atoms with Crippen molar-refractivity contribution in [3.63, 3.8) is 0 Å². The first-order valence-corrected chi connectivity index (χ1v) is 10.1. The second kappa shape index (κ2) is 7.77. The maximum atomic E-state index is 12.2. The molecule has 0 atom stereocenters. The Balaban J connectivity index is 1.69. The zero-order valence-electron chi connectivity index (χ0n) is 13.0. The number of benzene rings is 1. The smallest absolute Gasteiger partial charge is 0.338 e. The molecule has 3 rings (SSSR count). The molecule has 3 aromatic rings. The minimum absolute atomic E-state index is 0.0253. The summed E-state index contributed by atoms with van der Waals surface area (Å²) in [7, 11) is 0. The highest BCUT2D eigenvalue weighted by Gasteiger charge is 2.18. The van der Waals surface area contributed by atoms with Crippen LogP contribution in [0.2, 0.25) is 0 Å². The molecule has 0 saturated carbocycles. The van der Waals surface area contributed by atoms with Crippen LogP contribution in [0.5, 0.6) is 0 Å². The molecule has 0 saturated heterocycles. The van der Waals surface area contributed by atoms with E-state index in [1.807, 2.05) is 22.2 Å². The summed E-state index contributed by atoms with van der Waals surface area (Å²) in [5.41, 5.74) is 1.73. The standard InChI is InChI=1S/C16H12N2O4S3/c1-23-14-3-2-10(6-13(14)18(20)21)16(19)22-7-12-9-25-15(17-12)11-4-5-24-8-11/h2-6,8-9H,7H2,1H3. The van der Waals surface area contributed by atoms with Gasteiger partial charge in [0.2, 0.25) is 0 Å². The molecule has 0 bridgehead atoms. The quantitative estimate of drug-likeness (QED) is 0.258. The van der Waals surface area contributed by atoms with Crippen LogP contribution in [-0.2, 0) is 11.3 Å². The van der Waals surface area contributed by atoms with Crippen LogP contribution < -0.4 is 0 Å². The van der Waals surface area contributed by atoms with Gasteiger partial charge in [-0.3, -0.25) is 10.1 Å². The predicted octanol–water partition coefficient (Wildman–Crippen LogP) is 4.86. The Morgan fingerprint density at radius 3 is 2.88 bits per heavy atom. The minimum Gasteiger partial charge on any atom is -0.456 e. The third-order valence-electron chi connectivity index (χ3n) is 3.28. The van der Waals surface area contributed by atoms with Crippen LogP contribution in [0.1, 0.15) is 16.1 Å². The summed E-state index contributed by atoms with van der Waals surface area (Å²) in [6, 6.07) is 6.30. The normalized spacial score (nSPS) is 10.6. The van der Waals surface area contributed by atoms with Crippen molar-refractivity contribution >= 4 is 46.1 Å². The average molecular weight is 392 g/mol. The maximum Gasteiger partial charge on any atom is 0.338 e. The first-order valence-electron chi connectivity index (χ1n) is 7.05. The van der Waals surface area contributed by atoms with Gasteiger partial charge in [-0.05, 0) is 29.8 Å². The maximum absolute atomic E-state index is 12.2. The largest absolute Gasteiger partial charge is 0.456 e. The number of thiophene rings is 1. The van der Waals surface area contributed by atoms with E-state index in [1.54, 1.807) is 23.7 Å². The summed E-state index contributed by atoms with van der Waals surface area (Å²) in [5.74, 6) is -0.610. The van der Waals surface area contributed by atoms with Crippen LogP contribution in [0, 0.1) is 10.1 Å². The van der Waals surface area contributed by atoms with Crippen molar-refractivity contribution in [2.45, 2.75) is 11.5 Å². The fourth-order valence-corrected chi connectivity index (χ4v) is 4.14. The molecule has 128 valence electrons. The number of hydrogen-bond acceptors (Lipinski definition) is 8. The molecule has 0 spiro atoms. The number of hydrogen-bond donors (Lipinski definition) is 0. The number of thiazole rings is 1. The van der Waals surface area contributed by atoms with Gasteiger partial charge in [0.25, 0.3) is 5.69 Å². The topological polar surface area (TPSA) is 82.3 Å². The zero-order chi connectivity index (χ0) is 17.8. The SMILES string of the molecule is CSc1ccc(C(=O)OCc2csc(-c3ccsc3)n2)cc1[N+](=O)[O-]. The number of ether oxygens (including phenoxy) is 1. The van der Waals surface area contributed by atoms with Gasteiger partial charge in [-0.2, -0.15) is 11.3 Å². The minimum atomic E-state index is -0.610. The van der Waals surface area contributed by atoms with Gasteiger partial charge in [-0.15, -0.1) is 23.1 Å². The van der Waals surface area contributed by atoms with Crippen molar-refractivity contribution in [1.82, 2.24) is 4.98 Å². The van der Waals surface area contributed by atoms with Crippen molar-refractivity contribution in [2.75, 3.05) is 6.26 Å². The number of nitro benzene ring substituents is 1. The fourth-order valence-electron chi connectivity index (χ4n) is 2.07. The van der Waals surface area contributed by atoms with E-state index in [9.17, 15) is 14.9 Å². The highest BCUT2D eigenvalue weighted by molar-refractivity contribution is 7.98. The Morgan fingerprint density at radius 1 is 1.36 bits per heavy atom. The molecule has 2 heterocycles. The van der Waals surface area contributed by atoms with Gasteiger partial charge in [0.15, 0.2) is 0 Å². The summed E-state index contributed by atoms with van der Waals surface area (Å²) in [6.45, 7) is 0.0253. The highest BCUT2D eigenvalue weighted by Crippen LogP contribution is 2.29. The van der Waals surface area contributed by atoms with Crippen LogP contribution >= 0.6 is 34.4 Å². The number of rotatable bonds is 6. The summed E-state index contributed by atoms with van der Waals surface area (Å²) in [4.78, 5) is 27.7. The third-order valence-corrected chi connectivity index (χ3v) is 5.69. The second-order valence-electron chi connectivity index (χ2n) is 4.88. The van der Waals surface area contributed by atoms with E-state index in [0.29, 0.717) is 10.6 Å². The van der Waals surface area contributed by atoms with E-state index in [-0.39, 0.29) is 17.9 Å². The molecule has 0 radical (unpaired) electrons. The van der Waals surface area contributed by atoms with Crippen LogP contribution in [-0.4, -0.2) is 22.1 Å². The van der Waals surface area contributed by atoms with E-state index in [4.69, 9.17) is 4.74 Å². The molecule has 25 heavy (non-hydrogen) atoms. The highest BCUT2D eigenvalue weighted by atomic mass is 32.2. The molecule has 6 nitrogen and oxygen atoms in total. The molecule has 0 amide bonds. The van der Waals surface area contributed by atoms with E-state index in [2.05, 4.69) is 4.98 Å². The lowest BCUT2D eigenvalue weighted by Gasteiger charge is -2.05. The molecule has 0 aliphatic carbocycles. The van der Waals surface area contributed by atoms with Crippen LogP contribution in [0.25, 0.3) is 10.6 Å². The van der Waals surface area contributed by atoms with Gasteiger partial charge in [-0.25, -0.2) is 9.78 Å². The number of thioether (sulfide) groups is 1. The number of carbonyl (C=O) groups excluding carboxylic acids is 1. The molecule has 0 aliphatic rings. The lowest BCUT2D eigenvalue weighted by Crippen LogP contribution is -2.06. The molecule has 0 N–H and O–H groups in total. The second-order valence-corrected chi connectivity index (χ2v) is 7.36. The number of aromatic nitrogens is 1. The van der Waals surface area contributed by atoms with Gasteiger partial charge in [0, 0.05) is 22.4 Å². The van der Waals surface area contributed by atoms with E-state index in [1.165, 1.54) is 35.2 Å². The first-order chi connectivity index (χ1) is 12.1. The summed E-state index contributed by atoms with van der Waals surface area (Å²) in [6.07, 6.45) is 1.74. The van der Waals surface area contributed by atoms with E-state index in [0.717, 1.165) is 10.6 Å². The summed E-state index contributed by atoms with van der Waals surface area (Å²) in [5, 5.41) is 17.8. The van der Waals surface area contributed by atoms with Gasteiger partial charge in [-0.1, -0.05) is 0 Å². The monoisotopic (exact) mass is 392 g/mol. The van der Waals surface area contributed by atoms with Crippen molar-refractivity contribution in [1.29, 1.82) is 0 Å². The lowest BCUT2D eigenvalue weighted by molar-refractivity contribution is -0.387. The fraction of sp³-hybridized carbons (Fsp3) is 0.125. The number of carbonyl (C=O) groups is 1. The molecule has 0 fully saturated rings. The van der Waals surface area contributed by atoms with Gasteiger partial charge in [0.1, 0.15) is 11.6 Å². The Kier molecular flexibility index (Phi) is 5.47. The molecular formula is C16H12N2O4S3. The predicted molar refractivity (Wildman–Crippen MR) is 99.4 cm³/mol. The number of nitrogens with zero attached hydrogens (tertiary/aromatic N) is 2. The summed E-state index contributed by atoms with van der Waals surface area (Å²) < 4.78 is 5.23. The lowest BCUT2D eigenvalue weighted by atomic mass is 10.2. The Bertz CT molecular complexity index is 906. The Morgan fingerprint density at radius 2 is 2.20 bits per heavy atom. The molecule has 0 aliphatic heterocycles.